The lowest BCUT2D eigenvalue weighted by molar-refractivity contribution is 0.306. The normalized spacial score (nSPS) is 10.4. The fourth-order valence-corrected chi connectivity index (χ4v) is 3.38. The molecule has 0 heterocycles. The van der Waals surface area contributed by atoms with E-state index in [0.717, 1.165) is 43.2 Å². The Labute approximate surface area is 205 Å². The molecule has 0 bridgehead atoms. The molecule has 0 amide bonds. The number of ether oxygens (including phenoxy) is 1. The largest absolute Gasteiger partial charge is 0.493 e. The number of benzene rings is 4. The van der Waals surface area contributed by atoms with Gasteiger partial charge in [0.05, 0.1) is 17.7 Å². The molecule has 36 heavy (non-hydrogen) atoms. The molecule has 0 N–H and O–H groups in total. The molecule has 0 aliphatic rings. The summed E-state index contributed by atoms with van der Waals surface area (Å²) in [5.74, 6) is 6.23. The van der Waals surface area contributed by atoms with Gasteiger partial charge >= 0.3 is 0 Å². The van der Waals surface area contributed by atoms with Crippen molar-refractivity contribution in [3.05, 3.63) is 112 Å². The lowest BCUT2D eigenvalue weighted by atomic mass is 10.1. The zero-order valence-corrected chi connectivity index (χ0v) is 19.2. The Morgan fingerprint density at radius 1 is 0.611 bits per heavy atom. The summed E-state index contributed by atoms with van der Waals surface area (Å²) >= 11 is 0. The first kappa shape index (κ1) is 24.8. The fraction of sp³-hybridized carbons (Fsp3) is 0.133. The second kappa shape index (κ2) is 11.0. The highest BCUT2D eigenvalue weighted by molar-refractivity contribution is 5.84. The van der Waals surface area contributed by atoms with E-state index < -0.39 is 34.6 Å². The third-order valence-corrected chi connectivity index (χ3v) is 5.30. The molecule has 0 radical (unpaired) electrons. The van der Waals surface area contributed by atoms with Crippen molar-refractivity contribution in [3.8, 4) is 29.4 Å². The van der Waals surface area contributed by atoms with Crippen LogP contribution in [0.25, 0.3) is 10.8 Å². The molecule has 4 rings (SSSR count). The first-order chi connectivity index (χ1) is 17.3. The highest BCUT2D eigenvalue weighted by atomic mass is 19.2. The van der Waals surface area contributed by atoms with Crippen LogP contribution in [-0.2, 0) is 0 Å². The monoisotopic (exact) mass is 490 g/mol. The standard InChI is InChI=1S/C30H19F5O/c1-2-3-12-36-24-17-27(32)25(28(33)18-24)11-7-20-5-9-21(26(31)14-20)8-4-19-6-10-22-15-29(34)30(35)16-23(22)13-19/h5-6,9-10,13-18H,2-3,12H2,1H3. The number of hydrogen-bond acceptors (Lipinski definition) is 1. The van der Waals surface area contributed by atoms with E-state index in [-0.39, 0.29) is 16.9 Å². The summed E-state index contributed by atoms with van der Waals surface area (Å²) < 4.78 is 75.4. The minimum absolute atomic E-state index is 0.0804. The Morgan fingerprint density at radius 3 is 1.94 bits per heavy atom. The Balaban J connectivity index is 1.53. The number of rotatable bonds is 4. The van der Waals surface area contributed by atoms with E-state index in [1.807, 2.05) is 6.92 Å². The number of halogens is 5. The Kier molecular flexibility index (Phi) is 7.56. The summed E-state index contributed by atoms with van der Waals surface area (Å²) in [5.41, 5.74) is 0.347. The van der Waals surface area contributed by atoms with Crippen LogP contribution in [0.1, 0.15) is 42.0 Å². The Hall–Kier alpha value is -4.29. The van der Waals surface area contributed by atoms with E-state index in [1.54, 1.807) is 18.2 Å². The van der Waals surface area contributed by atoms with Gasteiger partial charge in [0.15, 0.2) is 11.6 Å². The SMILES string of the molecule is CCCCOc1cc(F)c(C#Cc2ccc(C#Cc3ccc4cc(F)c(F)cc4c3)c(F)c2)c(F)c1. The van der Waals surface area contributed by atoms with Gasteiger partial charge in [0.1, 0.15) is 23.2 Å². The van der Waals surface area contributed by atoms with Crippen molar-refractivity contribution in [1.82, 2.24) is 0 Å². The molecule has 6 heteroatoms. The highest BCUT2D eigenvalue weighted by Gasteiger charge is 2.10. The van der Waals surface area contributed by atoms with Crippen molar-refractivity contribution in [3.63, 3.8) is 0 Å². The zero-order valence-electron chi connectivity index (χ0n) is 19.2. The lowest BCUT2D eigenvalue weighted by Gasteiger charge is -2.06. The highest BCUT2D eigenvalue weighted by Crippen LogP contribution is 2.22. The predicted molar refractivity (Wildman–Crippen MR) is 129 cm³/mol. The third-order valence-electron chi connectivity index (χ3n) is 5.30. The quantitative estimate of drug-likeness (QED) is 0.163. The van der Waals surface area contributed by atoms with Gasteiger partial charge in [-0.25, -0.2) is 22.0 Å². The second-order valence-corrected chi connectivity index (χ2v) is 7.99. The van der Waals surface area contributed by atoms with Crippen LogP contribution >= 0.6 is 0 Å². The van der Waals surface area contributed by atoms with Crippen LogP contribution in [0.2, 0.25) is 0 Å². The maximum Gasteiger partial charge on any atom is 0.159 e. The van der Waals surface area contributed by atoms with Crippen molar-refractivity contribution in [2.45, 2.75) is 19.8 Å². The van der Waals surface area contributed by atoms with E-state index in [0.29, 0.717) is 22.9 Å². The van der Waals surface area contributed by atoms with Gasteiger partial charge < -0.3 is 4.74 Å². The topological polar surface area (TPSA) is 9.23 Å². The lowest BCUT2D eigenvalue weighted by Crippen LogP contribution is -1.99. The molecular weight excluding hydrogens is 471 g/mol. The molecule has 0 aliphatic carbocycles. The van der Waals surface area contributed by atoms with E-state index in [2.05, 4.69) is 23.7 Å². The molecule has 0 saturated heterocycles. The average Bonchev–Trinajstić information content (AvgIpc) is 2.84. The minimum atomic E-state index is -0.966. The molecular formula is C30H19F5O. The minimum Gasteiger partial charge on any atom is -0.493 e. The van der Waals surface area contributed by atoms with Crippen molar-refractivity contribution in [2.75, 3.05) is 6.61 Å². The first-order valence-corrected chi connectivity index (χ1v) is 11.2. The third kappa shape index (κ3) is 5.85. The van der Waals surface area contributed by atoms with Crippen molar-refractivity contribution in [1.29, 1.82) is 0 Å². The van der Waals surface area contributed by atoms with Crippen LogP contribution in [0.15, 0.2) is 60.7 Å². The van der Waals surface area contributed by atoms with Gasteiger partial charge in [0.25, 0.3) is 0 Å². The molecule has 4 aromatic rings. The number of unbranched alkanes of at least 4 members (excludes halogenated alkanes) is 1. The van der Waals surface area contributed by atoms with Crippen LogP contribution in [0.5, 0.6) is 5.75 Å². The van der Waals surface area contributed by atoms with Crippen molar-refractivity contribution in [2.24, 2.45) is 0 Å². The van der Waals surface area contributed by atoms with Gasteiger partial charge in [-0.1, -0.05) is 43.1 Å². The summed E-state index contributed by atoms with van der Waals surface area (Å²) in [7, 11) is 0. The first-order valence-electron chi connectivity index (χ1n) is 11.2. The van der Waals surface area contributed by atoms with Crippen molar-refractivity contribution >= 4 is 10.8 Å². The van der Waals surface area contributed by atoms with E-state index in [4.69, 9.17) is 4.74 Å². The van der Waals surface area contributed by atoms with E-state index in [1.165, 1.54) is 12.1 Å². The predicted octanol–water partition coefficient (Wildman–Crippen LogP) is 7.51. The molecule has 4 aromatic carbocycles. The van der Waals surface area contributed by atoms with E-state index in [9.17, 15) is 22.0 Å². The van der Waals surface area contributed by atoms with Crippen LogP contribution in [-0.4, -0.2) is 6.61 Å². The molecule has 0 unspecified atom stereocenters. The van der Waals surface area contributed by atoms with Crippen LogP contribution in [0.3, 0.4) is 0 Å². The van der Waals surface area contributed by atoms with Crippen molar-refractivity contribution < 1.29 is 26.7 Å². The number of fused-ring (bicyclic) bond motifs is 1. The van der Waals surface area contributed by atoms with Gasteiger partial charge in [0, 0.05) is 23.3 Å². The summed E-state index contributed by atoms with van der Waals surface area (Å²) in [4.78, 5) is 0. The van der Waals surface area contributed by atoms with Gasteiger partial charge in [-0.2, -0.15) is 0 Å². The molecule has 0 atom stereocenters. The fourth-order valence-electron chi connectivity index (χ4n) is 3.38. The Bertz CT molecular complexity index is 1540. The maximum absolute atomic E-state index is 14.6. The molecule has 0 fully saturated rings. The second-order valence-electron chi connectivity index (χ2n) is 7.99. The summed E-state index contributed by atoms with van der Waals surface area (Å²) in [5, 5.41) is 0.979. The van der Waals surface area contributed by atoms with Crippen LogP contribution < -0.4 is 4.74 Å². The molecule has 180 valence electrons. The van der Waals surface area contributed by atoms with Gasteiger partial charge in [0.2, 0.25) is 0 Å². The smallest absolute Gasteiger partial charge is 0.159 e. The zero-order chi connectivity index (χ0) is 25.7. The van der Waals surface area contributed by atoms with Crippen LogP contribution in [0, 0.1) is 52.8 Å². The van der Waals surface area contributed by atoms with Crippen LogP contribution in [0.4, 0.5) is 22.0 Å². The van der Waals surface area contributed by atoms with Gasteiger partial charge in [-0.15, -0.1) is 0 Å². The Morgan fingerprint density at radius 2 is 1.25 bits per heavy atom. The molecule has 0 saturated carbocycles. The van der Waals surface area contributed by atoms with Gasteiger partial charge in [-0.3, -0.25) is 0 Å². The average molecular weight is 490 g/mol. The summed E-state index contributed by atoms with van der Waals surface area (Å²) in [6.07, 6.45) is 1.66. The molecule has 1 nitrogen and oxygen atoms in total. The molecule has 0 aromatic heterocycles. The maximum atomic E-state index is 14.6. The number of hydrogen-bond donors (Lipinski definition) is 0. The summed E-state index contributed by atoms with van der Waals surface area (Å²) in [6.45, 7) is 2.33. The summed E-state index contributed by atoms with van der Waals surface area (Å²) in [6, 6.07) is 13.1. The molecule has 0 spiro atoms. The van der Waals surface area contributed by atoms with Gasteiger partial charge in [-0.05, 0) is 59.7 Å². The molecule has 0 aliphatic heterocycles. The van der Waals surface area contributed by atoms with E-state index >= 15 is 0 Å².